The van der Waals surface area contributed by atoms with Crippen LogP contribution in [0, 0.1) is 0 Å². The highest BCUT2D eigenvalue weighted by atomic mass is 35.5. The third-order valence-corrected chi connectivity index (χ3v) is 3.66. The Kier molecular flexibility index (Phi) is 4.99. The van der Waals surface area contributed by atoms with E-state index in [1.165, 1.54) is 6.42 Å². The number of carbonyl (C=O) groups excluding carboxylic acids is 1. The standard InChI is InChI=1S/C16H18N2O.ClH/c19-16(11-13-7-4-10-17-13)18-15-9-3-6-12-5-1-2-8-14(12)15;/h1-3,5-6,8-9,13,17H,4,7,10-11H2,(H,18,19);1H. The van der Waals surface area contributed by atoms with Crippen LogP contribution in [0.1, 0.15) is 19.3 Å². The van der Waals surface area contributed by atoms with E-state index in [0.29, 0.717) is 12.5 Å². The van der Waals surface area contributed by atoms with Gasteiger partial charge in [0.25, 0.3) is 0 Å². The molecule has 2 aromatic carbocycles. The molecule has 1 heterocycles. The zero-order chi connectivity index (χ0) is 13.1. The van der Waals surface area contributed by atoms with Crippen molar-refractivity contribution in [3.63, 3.8) is 0 Å². The first-order valence-corrected chi connectivity index (χ1v) is 6.84. The predicted molar refractivity (Wildman–Crippen MR) is 85.5 cm³/mol. The Labute approximate surface area is 125 Å². The van der Waals surface area contributed by atoms with E-state index in [-0.39, 0.29) is 18.3 Å². The van der Waals surface area contributed by atoms with Crippen molar-refractivity contribution in [3.05, 3.63) is 42.5 Å². The third kappa shape index (κ3) is 3.30. The summed E-state index contributed by atoms with van der Waals surface area (Å²) in [5.74, 6) is 0.0933. The van der Waals surface area contributed by atoms with Crippen molar-refractivity contribution in [2.75, 3.05) is 11.9 Å². The van der Waals surface area contributed by atoms with Crippen LogP contribution >= 0.6 is 12.4 Å². The smallest absolute Gasteiger partial charge is 0.225 e. The monoisotopic (exact) mass is 290 g/mol. The molecule has 106 valence electrons. The minimum Gasteiger partial charge on any atom is -0.325 e. The molecule has 1 saturated heterocycles. The molecule has 2 N–H and O–H groups in total. The Morgan fingerprint density at radius 3 is 2.80 bits per heavy atom. The first-order chi connectivity index (χ1) is 9.33. The molecule has 0 bridgehead atoms. The minimum atomic E-state index is 0. The van der Waals surface area contributed by atoms with E-state index < -0.39 is 0 Å². The number of benzene rings is 2. The van der Waals surface area contributed by atoms with Crippen LogP contribution in [0.4, 0.5) is 5.69 Å². The molecule has 2 aromatic rings. The normalized spacial score (nSPS) is 17.7. The molecule has 0 aliphatic carbocycles. The van der Waals surface area contributed by atoms with Gasteiger partial charge in [-0.05, 0) is 30.8 Å². The van der Waals surface area contributed by atoms with Gasteiger partial charge in [-0.2, -0.15) is 0 Å². The molecular formula is C16H19ClN2O. The van der Waals surface area contributed by atoms with Gasteiger partial charge in [0.2, 0.25) is 5.91 Å². The number of nitrogens with one attached hydrogen (secondary N) is 2. The number of amides is 1. The highest BCUT2D eigenvalue weighted by Gasteiger charge is 2.17. The van der Waals surface area contributed by atoms with Crippen LogP contribution in [0.5, 0.6) is 0 Å². The Balaban J connectivity index is 0.00000147. The van der Waals surface area contributed by atoms with Crippen LogP contribution in [0.3, 0.4) is 0 Å². The molecule has 1 aliphatic rings. The van der Waals surface area contributed by atoms with Crippen molar-refractivity contribution in [2.45, 2.75) is 25.3 Å². The largest absolute Gasteiger partial charge is 0.325 e. The van der Waals surface area contributed by atoms with E-state index in [1.54, 1.807) is 0 Å². The lowest BCUT2D eigenvalue weighted by molar-refractivity contribution is -0.116. The van der Waals surface area contributed by atoms with Crippen LogP contribution in [0.2, 0.25) is 0 Å². The fourth-order valence-electron chi connectivity index (χ4n) is 2.69. The van der Waals surface area contributed by atoms with E-state index >= 15 is 0 Å². The number of carbonyl (C=O) groups is 1. The first-order valence-electron chi connectivity index (χ1n) is 6.84. The van der Waals surface area contributed by atoms with Crippen molar-refractivity contribution >= 4 is 34.8 Å². The summed E-state index contributed by atoms with van der Waals surface area (Å²) in [5.41, 5.74) is 0.904. The summed E-state index contributed by atoms with van der Waals surface area (Å²) >= 11 is 0. The van der Waals surface area contributed by atoms with Gasteiger partial charge in [-0.15, -0.1) is 12.4 Å². The molecule has 1 atom stereocenters. The molecule has 1 aliphatic heterocycles. The van der Waals surface area contributed by atoms with E-state index in [2.05, 4.69) is 22.8 Å². The van der Waals surface area contributed by atoms with Gasteiger partial charge in [-0.25, -0.2) is 0 Å². The van der Waals surface area contributed by atoms with Gasteiger partial charge in [-0.3, -0.25) is 4.79 Å². The number of fused-ring (bicyclic) bond motifs is 1. The lowest BCUT2D eigenvalue weighted by atomic mass is 10.1. The molecule has 20 heavy (non-hydrogen) atoms. The van der Waals surface area contributed by atoms with Crippen LogP contribution in [0.25, 0.3) is 10.8 Å². The summed E-state index contributed by atoms with van der Waals surface area (Å²) in [6.07, 6.45) is 2.83. The van der Waals surface area contributed by atoms with E-state index in [9.17, 15) is 4.79 Å². The maximum atomic E-state index is 12.1. The number of hydrogen-bond donors (Lipinski definition) is 2. The number of hydrogen-bond acceptors (Lipinski definition) is 2. The molecule has 3 rings (SSSR count). The van der Waals surface area contributed by atoms with Gasteiger partial charge in [0.15, 0.2) is 0 Å². The fraction of sp³-hybridized carbons (Fsp3) is 0.312. The van der Waals surface area contributed by atoms with Gasteiger partial charge in [0.1, 0.15) is 0 Å². The summed E-state index contributed by atoms with van der Waals surface area (Å²) in [7, 11) is 0. The first kappa shape index (κ1) is 14.8. The van der Waals surface area contributed by atoms with E-state index in [4.69, 9.17) is 0 Å². The summed E-state index contributed by atoms with van der Waals surface area (Å²) in [6.45, 7) is 1.03. The third-order valence-electron chi connectivity index (χ3n) is 3.66. The van der Waals surface area contributed by atoms with Crippen molar-refractivity contribution < 1.29 is 4.79 Å². The van der Waals surface area contributed by atoms with E-state index in [0.717, 1.165) is 29.4 Å². The van der Waals surface area contributed by atoms with Gasteiger partial charge >= 0.3 is 0 Å². The SMILES string of the molecule is Cl.O=C(CC1CCCN1)Nc1cccc2ccccc12. The second-order valence-electron chi connectivity index (χ2n) is 5.07. The molecule has 0 aromatic heterocycles. The summed E-state index contributed by atoms with van der Waals surface area (Å²) in [4.78, 5) is 12.1. The predicted octanol–water partition coefficient (Wildman–Crippen LogP) is 3.34. The van der Waals surface area contributed by atoms with Gasteiger partial charge in [-0.1, -0.05) is 36.4 Å². The van der Waals surface area contributed by atoms with Crippen molar-refractivity contribution in [3.8, 4) is 0 Å². The van der Waals surface area contributed by atoms with Crippen LogP contribution in [-0.2, 0) is 4.79 Å². The van der Waals surface area contributed by atoms with E-state index in [1.807, 2.05) is 30.3 Å². The zero-order valence-corrected chi connectivity index (χ0v) is 12.1. The summed E-state index contributed by atoms with van der Waals surface area (Å²) in [6, 6.07) is 14.4. The molecule has 4 heteroatoms. The maximum Gasteiger partial charge on any atom is 0.225 e. The Morgan fingerprint density at radius 1 is 1.20 bits per heavy atom. The van der Waals surface area contributed by atoms with Crippen molar-refractivity contribution in [1.29, 1.82) is 0 Å². The van der Waals surface area contributed by atoms with Crippen LogP contribution in [-0.4, -0.2) is 18.5 Å². The molecule has 1 fully saturated rings. The fourth-order valence-corrected chi connectivity index (χ4v) is 2.69. The Hall–Kier alpha value is -1.58. The molecular weight excluding hydrogens is 272 g/mol. The highest BCUT2D eigenvalue weighted by molar-refractivity contribution is 6.02. The molecule has 1 unspecified atom stereocenters. The summed E-state index contributed by atoms with van der Waals surface area (Å²) in [5, 5.41) is 8.63. The Bertz CT molecular complexity index is 589. The number of rotatable bonds is 3. The van der Waals surface area contributed by atoms with Crippen molar-refractivity contribution in [1.82, 2.24) is 5.32 Å². The number of anilines is 1. The zero-order valence-electron chi connectivity index (χ0n) is 11.3. The molecule has 0 radical (unpaired) electrons. The van der Waals surface area contributed by atoms with Gasteiger partial charge in [0.05, 0.1) is 0 Å². The van der Waals surface area contributed by atoms with Crippen LogP contribution < -0.4 is 10.6 Å². The lowest BCUT2D eigenvalue weighted by Gasteiger charge is -2.12. The molecule has 3 nitrogen and oxygen atoms in total. The Morgan fingerprint density at radius 2 is 2.00 bits per heavy atom. The second-order valence-corrected chi connectivity index (χ2v) is 5.07. The minimum absolute atomic E-state index is 0. The van der Waals surface area contributed by atoms with Gasteiger partial charge < -0.3 is 10.6 Å². The average Bonchev–Trinajstić information content (AvgIpc) is 2.92. The summed E-state index contributed by atoms with van der Waals surface area (Å²) < 4.78 is 0. The molecule has 0 saturated carbocycles. The van der Waals surface area contributed by atoms with Crippen molar-refractivity contribution in [2.24, 2.45) is 0 Å². The topological polar surface area (TPSA) is 41.1 Å². The maximum absolute atomic E-state index is 12.1. The highest BCUT2D eigenvalue weighted by Crippen LogP contribution is 2.23. The average molecular weight is 291 g/mol. The number of halogens is 1. The lowest BCUT2D eigenvalue weighted by Crippen LogP contribution is -2.27. The van der Waals surface area contributed by atoms with Crippen LogP contribution in [0.15, 0.2) is 42.5 Å². The quantitative estimate of drug-likeness (QED) is 0.910. The molecule has 0 spiro atoms. The van der Waals surface area contributed by atoms with Gasteiger partial charge in [0, 0.05) is 23.5 Å². The molecule has 1 amide bonds. The second kappa shape index (κ2) is 6.73.